The Labute approximate surface area is 123 Å². The van der Waals surface area contributed by atoms with Crippen LogP contribution < -0.4 is 0 Å². The van der Waals surface area contributed by atoms with Gasteiger partial charge in [0.1, 0.15) is 0 Å². The van der Waals surface area contributed by atoms with E-state index >= 15 is 0 Å². The van der Waals surface area contributed by atoms with Gasteiger partial charge in [-0.05, 0) is 6.92 Å². The van der Waals surface area contributed by atoms with Crippen molar-refractivity contribution >= 4 is 11.9 Å². The lowest BCUT2D eigenvalue weighted by Gasteiger charge is -2.35. The molecule has 0 aromatic carbocycles. The normalized spacial score (nSPS) is 26.2. The Morgan fingerprint density at radius 1 is 1.43 bits per heavy atom. The number of rotatable bonds is 6. The first-order valence-corrected chi connectivity index (χ1v) is 6.99. The van der Waals surface area contributed by atoms with E-state index in [1.54, 1.807) is 11.8 Å². The van der Waals surface area contributed by atoms with Gasteiger partial charge in [-0.15, -0.1) is 12.3 Å². The molecule has 0 aromatic heterocycles. The van der Waals surface area contributed by atoms with Gasteiger partial charge < -0.3 is 14.7 Å². The second-order valence-corrected chi connectivity index (χ2v) is 5.46. The van der Waals surface area contributed by atoms with Crippen molar-refractivity contribution in [3.63, 3.8) is 0 Å². The molecule has 2 aliphatic heterocycles. The zero-order chi connectivity index (χ0) is 15.5. The van der Waals surface area contributed by atoms with Crippen LogP contribution in [-0.4, -0.2) is 52.8 Å². The van der Waals surface area contributed by atoms with Gasteiger partial charge in [0, 0.05) is 32.2 Å². The van der Waals surface area contributed by atoms with E-state index < -0.39 is 17.7 Å². The summed E-state index contributed by atoms with van der Waals surface area (Å²) in [6.07, 6.45) is 6.03. The highest BCUT2D eigenvalue weighted by Gasteiger charge is 2.40. The van der Waals surface area contributed by atoms with Gasteiger partial charge in [-0.25, -0.2) is 4.79 Å². The molecular weight excluding hydrogens is 274 g/mol. The Hall–Kier alpha value is -1.94. The zero-order valence-corrected chi connectivity index (χ0v) is 12.0. The number of hydrogen-bond donors (Lipinski definition) is 1. The van der Waals surface area contributed by atoms with Crippen molar-refractivity contribution in [2.45, 2.75) is 50.5 Å². The molecule has 0 unspecified atom stereocenters. The third-order valence-corrected chi connectivity index (χ3v) is 3.68. The number of terminal acetylenes is 1. The largest absolute Gasteiger partial charge is 0.479 e. The Balaban J connectivity index is 1.83. The molecule has 0 bridgehead atoms. The van der Waals surface area contributed by atoms with E-state index in [-0.39, 0.29) is 25.0 Å². The fourth-order valence-corrected chi connectivity index (χ4v) is 2.42. The van der Waals surface area contributed by atoms with Crippen LogP contribution >= 0.6 is 0 Å². The predicted octanol–water partition coefficient (Wildman–Crippen LogP) is 1.04. The van der Waals surface area contributed by atoms with Gasteiger partial charge in [-0.1, -0.05) is 0 Å². The fourth-order valence-electron chi connectivity index (χ4n) is 2.42. The van der Waals surface area contributed by atoms with Crippen LogP contribution in [0, 0.1) is 12.3 Å². The Morgan fingerprint density at radius 2 is 2.14 bits per heavy atom. The Kier molecular flexibility index (Phi) is 4.58. The summed E-state index contributed by atoms with van der Waals surface area (Å²) in [5.74, 6) is 1.41. The van der Waals surface area contributed by atoms with E-state index in [0.717, 1.165) is 0 Å². The van der Waals surface area contributed by atoms with Crippen LogP contribution in [0.15, 0.2) is 10.2 Å². The number of carbonyl (C=O) groups is 2. The number of morpholine rings is 1. The van der Waals surface area contributed by atoms with Gasteiger partial charge in [0.05, 0.1) is 12.6 Å². The number of amides is 1. The first-order chi connectivity index (χ1) is 9.96. The predicted molar refractivity (Wildman–Crippen MR) is 73.4 cm³/mol. The van der Waals surface area contributed by atoms with E-state index in [1.165, 1.54) is 0 Å². The Bertz CT molecular complexity index is 491. The third-order valence-electron chi connectivity index (χ3n) is 3.68. The molecule has 2 aliphatic rings. The molecule has 1 fully saturated rings. The summed E-state index contributed by atoms with van der Waals surface area (Å²) in [4.78, 5) is 24.8. The summed E-state index contributed by atoms with van der Waals surface area (Å²) in [5, 5.41) is 17.0. The standard InChI is InChI=1S/C14H19N3O4/c1-3-4-6-14(15-16-14)7-5-12(18)17-8-10(2)21-11(9-17)13(19)20/h1,10-11H,4-9H2,2H3,(H,19,20)/t10-,11-/m1/s1. The van der Waals surface area contributed by atoms with Crippen molar-refractivity contribution in [3.8, 4) is 12.3 Å². The van der Waals surface area contributed by atoms with Crippen molar-refractivity contribution < 1.29 is 19.4 Å². The topological polar surface area (TPSA) is 91.6 Å². The molecule has 0 aromatic rings. The minimum atomic E-state index is -1.04. The lowest BCUT2D eigenvalue weighted by atomic mass is 10.0. The van der Waals surface area contributed by atoms with Crippen LogP contribution in [0.3, 0.4) is 0 Å². The average molecular weight is 293 g/mol. The number of carboxylic acids is 1. The summed E-state index contributed by atoms with van der Waals surface area (Å²) >= 11 is 0. The maximum absolute atomic E-state index is 12.2. The molecular formula is C14H19N3O4. The minimum Gasteiger partial charge on any atom is -0.479 e. The highest BCUT2D eigenvalue weighted by molar-refractivity contribution is 5.78. The zero-order valence-electron chi connectivity index (χ0n) is 12.0. The van der Waals surface area contributed by atoms with E-state index in [4.69, 9.17) is 16.3 Å². The molecule has 2 atom stereocenters. The van der Waals surface area contributed by atoms with Gasteiger partial charge in [0.2, 0.25) is 5.91 Å². The third kappa shape index (κ3) is 4.02. The maximum Gasteiger partial charge on any atom is 0.334 e. The second kappa shape index (κ2) is 6.22. The number of hydrogen-bond acceptors (Lipinski definition) is 5. The van der Waals surface area contributed by atoms with Crippen LogP contribution in [0.25, 0.3) is 0 Å². The first kappa shape index (κ1) is 15.4. The molecule has 114 valence electrons. The van der Waals surface area contributed by atoms with Crippen molar-refractivity contribution in [2.24, 2.45) is 10.2 Å². The highest BCUT2D eigenvalue weighted by atomic mass is 16.5. The van der Waals surface area contributed by atoms with E-state index in [1.807, 2.05) is 0 Å². The minimum absolute atomic E-state index is 0.0874. The molecule has 7 nitrogen and oxygen atoms in total. The summed E-state index contributed by atoms with van der Waals surface area (Å²) < 4.78 is 5.29. The van der Waals surface area contributed by atoms with Gasteiger partial charge in [0.15, 0.2) is 11.8 Å². The number of carboxylic acid groups (broad SMARTS) is 1. The van der Waals surface area contributed by atoms with Gasteiger partial charge in [-0.3, -0.25) is 4.79 Å². The molecule has 7 heteroatoms. The van der Waals surface area contributed by atoms with Crippen molar-refractivity contribution in [2.75, 3.05) is 13.1 Å². The summed E-state index contributed by atoms with van der Waals surface area (Å²) in [7, 11) is 0. The molecule has 1 amide bonds. The second-order valence-electron chi connectivity index (χ2n) is 5.46. The first-order valence-electron chi connectivity index (χ1n) is 6.99. The molecule has 0 radical (unpaired) electrons. The Morgan fingerprint density at radius 3 is 2.71 bits per heavy atom. The van der Waals surface area contributed by atoms with Crippen molar-refractivity contribution in [1.82, 2.24) is 4.90 Å². The molecule has 2 rings (SSSR count). The number of aliphatic carboxylic acids is 1. The van der Waals surface area contributed by atoms with Gasteiger partial charge >= 0.3 is 5.97 Å². The molecule has 0 spiro atoms. The lowest BCUT2D eigenvalue weighted by molar-refractivity contribution is -0.166. The number of ether oxygens (including phenoxy) is 1. The molecule has 0 saturated carbocycles. The highest BCUT2D eigenvalue weighted by Crippen LogP contribution is 2.37. The summed E-state index contributed by atoms with van der Waals surface area (Å²) in [5.41, 5.74) is -0.480. The van der Waals surface area contributed by atoms with Crippen LogP contribution in [0.2, 0.25) is 0 Å². The van der Waals surface area contributed by atoms with E-state index in [2.05, 4.69) is 16.1 Å². The lowest BCUT2D eigenvalue weighted by Crippen LogP contribution is -2.51. The van der Waals surface area contributed by atoms with E-state index in [9.17, 15) is 9.59 Å². The molecule has 21 heavy (non-hydrogen) atoms. The van der Waals surface area contributed by atoms with Crippen LogP contribution in [0.1, 0.15) is 32.6 Å². The van der Waals surface area contributed by atoms with Crippen molar-refractivity contribution in [3.05, 3.63) is 0 Å². The summed E-state index contributed by atoms with van der Waals surface area (Å²) in [6.45, 7) is 2.26. The fraction of sp³-hybridized carbons (Fsp3) is 0.714. The average Bonchev–Trinajstić information content (AvgIpc) is 3.22. The van der Waals surface area contributed by atoms with Crippen LogP contribution in [0.4, 0.5) is 0 Å². The smallest absolute Gasteiger partial charge is 0.334 e. The van der Waals surface area contributed by atoms with Crippen molar-refractivity contribution in [1.29, 1.82) is 0 Å². The SMILES string of the molecule is C#CCCC1(CCC(=O)N2C[C@@H](C)O[C@@H](C(=O)O)C2)N=N1. The van der Waals surface area contributed by atoms with Crippen LogP contribution in [-0.2, 0) is 14.3 Å². The molecule has 0 aliphatic carbocycles. The maximum atomic E-state index is 12.2. The van der Waals surface area contributed by atoms with Crippen LogP contribution in [0.5, 0.6) is 0 Å². The molecule has 2 heterocycles. The monoisotopic (exact) mass is 293 g/mol. The number of nitrogens with zero attached hydrogens (tertiary/aromatic N) is 3. The molecule has 1 N–H and O–H groups in total. The van der Waals surface area contributed by atoms with Gasteiger partial charge in [0.25, 0.3) is 0 Å². The quantitative estimate of drug-likeness (QED) is 0.741. The number of carbonyl (C=O) groups excluding carboxylic acids is 1. The molecule has 1 saturated heterocycles. The van der Waals surface area contributed by atoms with Gasteiger partial charge in [-0.2, -0.15) is 10.2 Å². The van der Waals surface area contributed by atoms with E-state index in [0.29, 0.717) is 25.8 Å². The summed E-state index contributed by atoms with van der Waals surface area (Å²) in [6, 6.07) is 0.